The third-order valence-corrected chi connectivity index (χ3v) is 4.40. The van der Waals surface area contributed by atoms with Crippen LogP contribution in [0.3, 0.4) is 0 Å². The minimum atomic E-state index is 0. The Hall–Kier alpha value is -1.22. The Morgan fingerprint density at radius 2 is 2.16 bits per heavy atom. The van der Waals surface area contributed by atoms with E-state index in [1.54, 1.807) is 7.05 Å². The summed E-state index contributed by atoms with van der Waals surface area (Å²) in [5.74, 6) is 2.00. The molecule has 2 aromatic heterocycles. The first-order chi connectivity index (χ1) is 11.3. The highest BCUT2D eigenvalue weighted by molar-refractivity contribution is 14.0. The third-order valence-electron chi connectivity index (χ3n) is 4.19. The monoisotopic (exact) mass is 479 g/mol. The minimum Gasteiger partial charge on any atom is -0.361 e. The summed E-state index contributed by atoms with van der Waals surface area (Å²) in [7, 11) is 5.79. The fourth-order valence-electron chi connectivity index (χ4n) is 2.97. The molecule has 2 heterocycles. The molecule has 0 radical (unpaired) electrons. The summed E-state index contributed by atoms with van der Waals surface area (Å²) < 4.78 is 7.28. The summed E-state index contributed by atoms with van der Waals surface area (Å²) in [6.45, 7) is 7.56. The molecule has 1 unspecified atom stereocenters. The molecular formula is C17H27ClIN5O. The Kier molecular flexibility index (Phi) is 8.27. The number of nitrogens with one attached hydrogen (secondary N) is 1. The number of nitrogens with zero attached hydrogens (tertiary/aromatic N) is 4. The number of aryl methyl sites for hydroxylation is 3. The van der Waals surface area contributed by atoms with Gasteiger partial charge in [-0.2, -0.15) is 0 Å². The van der Waals surface area contributed by atoms with E-state index in [-0.39, 0.29) is 29.9 Å². The first kappa shape index (κ1) is 21.8. The van der Waals surface area contributed by atoms with Crippen LogP contribution in [0.15, 0.2) is 21.8 Å². The van der Waals surface area contributed by atoms with Gasteiger partial charge in [0.1, 0.15) is 5.76 Å². The molecule has 8 heteroatoms. The Balaban J connectivity index is 0.00000312. The number of aliphatic imine (C=N–C) groups is 1. The summed E-state index contributed by atoms with van der Waals surface area (Å²) in [6, 6.07) is 1.97. The van der Waals surface area contributed by atoms with Gasteiger partial charge < -0.3 is 19.3 Å². The molecule has 6 nitrogen and oxygen atoms in total. The van der Waals surface area contributed by atoms with Gasteiger partial charge in [-0.15, -0.1) is 24.0 Å². The molecule has 2 aromatic rings. The lowest BCUT2D eigenvalue weighted by atomic mass is 10.00. The van der Waals surface area contributed by atoms with Crippen LogP contribution in [0, 0.1) is 13.8 Å². The van der Waals surface area contributed by atoms with E-state index in [1.807, 2.05) is 44.8 Å². The van der Waals surface area contributed by atoms with Crippen molar-refractivity contribution in [2.45, 2.75) is 33.2 Å². The van der Waals surface area contributed by atoms with Crippen molar-refractivity contribution in [2.24, 2.45) is 12.0 Å². The standard InChI is InChI=1S/C17H26ClN5O.HI/c1-11(16-12(2)21-24-13(16)3)8-20-17(19-4)23(6)10-15-7-14(18)9-22(15)5;/h7,9,11H,8,10H2,1-6H3,(H,19,20);1H. The van der Waals surface area contributed by atoms with E-state index in [2.05, 4.69) is 27.3 Å². The molecule has 0 saturated carbocycles. The predicted octanol–water partition coefficient (Wildman–Crippen LogP) is 3.71. The van der Waals surface area contributed by atoms with Crippen molar-refractivity contribution in [3.63, 3.8) is 0 Å². The van der Waals surface area contributed by atoms with E-state index in [1.165, 1.54) is 0 Å². The van der Waals surface area contributed by atoms with Crippen molar-refractivity contribution in [3.05, 3.63) is 40.0 Å². The molecule has 1 N–H and O–H groups in total. The average molecular weight is 480 g/mol. The maximum absolute atomic E-state index is 6.05. The molecule has 0 spiro atoms. The molecule has 25 heavy (non-hydrogen) atoms. The van der Waals surface area contributed by atoms with Crippen LogP contribution >= 0.6 is 35.6 Å². The van der Waals surface area contributed by atoms with Crippen LogP contribution in [0.25, 0.3) is 0 Å². The number of hydrogen-bond acceptors (Lipinski definition) is 3. The van der Waals surface area contributed by atoms with Gasteiger partial charge in [-0.05, 0) is 19.9 Å². The highest BCUT2D eigenvalue weighted by Crippen LogP contribution is 2.22. The summed E-state index contributed by atoms with van der Waals surface area (Å²) in [6.07, 6.45) is 1.90. The van der Waals surface area contributed by atoms with Crippen LogP contribution in [-0.4, -0.2) is 41.2 Å². The number of rotatable bonds is 5. The average Bonchev–Trinajstić information content (AvgIpc) is 3.01. The van der Waals surface area contributed by atoms with Crippen molar-refractivity contribution in [1.29, 1.82) is 0 Å². The van der Waals surface area contributed by atoms with Crippen LogP contribution in [0.1, 0.15) is 35.6 Å². The second-order valence-electron chi connectivity index (χ2n) is 6.18. The van der Waals surface area contributed by atoms with E-state index >= 15 is 0 Å². The number of guanidine groups is 1. The molecule has 0 amide bonds. The number of halogens is 2. The van der Waals surface area contributed by atoms with Gasteiger partial charge in [0.15, 0.2) is 5.96 Å². The number of hydrogen-bond donors (Lipinski definition) is 1. The molecule has 0 aliphatic heterocycles. The Morgan fingerprint density at radius 3 is 2.64 bits per heavy atom. The SMILES string of the molecule is CN=C(NCC(C)c1c(C)noc1C)N(C)Cc1cc(Cl)cn1C.I. The van der Waals surface area contributed by atoms with Gasteiger partial charge in [0.2, 0.25) is 0 Å². The predicted molar refractivity (Wildman–Crippen MR) is 113 cm³/mol. The molecule has 0 aliphatic carbocycles. The normalized spacial score (nSPS) is 12.7. The second-order valence-corrected chi connectivity index (χ2v) is 6.62. The molecule has 0 fully saturated rings. The molecule has 0 saturated heterocycles. The zero-order valence-corrected chi connectivity index (χ0v) is 18.7. The fourth-order valence-corrected chi connectivity index (χ4v) is 3.24. The van der Waals surface area contributed by atoms with Gasteiger partial charge in [-0.3, -0.25) is 4.99 Å². The minimum absolute atomic E-state index is 0. The van der Waals surface area contributed by atoms with E-state index in [0.717, 1.165) is 46.8 Å². The van der Waals surface area contributed by atoms with Crippen molar-refractivity contribution in [3.8, 4) is 0 Å². The van der Waals surface area contributed by atoms with Gasteiger partial charge in [-0.1, -0.05) is 23.7 Å². The van der Waals surface area contributed by atoms with Crippen LogP contribution in [0.5, 0.6) is 0 Å². The summed E-state index contributed by atoms with van der Waals surface area (Å²) in [5.41, 5.74) is 3.24. The van der Waals surface area contributed by atoms with Crippen LogP contribution < -0.4 is 5.32 Å². The molecule has 0 aromatic carbocycles. The molecule has 0 aliphatic rings. The topological polar surface area (TPSA) is 58.6 Å². The maximum Gasteiger partial charge on any atom is 0.193 e. The molecule has 140 valence electrons. The summed E-state index contributed by atoms with van der Waals surface area (Å²) in [4.78, 5) is 6.44. The highest BCUT2D eigenvalue weighted by atomic mass is 127. The van der Waals surface area contributed by atoms with Gasteiger partial charge in [0.05, 0.1) is 17.3 Å². The maximum atomic E-state index is 6.05. The Morgan fingerprint density at radius 1 is 1.48 bits per heavy atom. The lowest BCUT2D eigenvalue weighted by molar-refractivity contribution is 0.391. The third kappa shape index (κ3) is 5.37. The summed E-state index contributed by atoms with van der Waals surface area (Å²) >= 11 is 6.05. The largest absolute Gasteiger partial charge is 0.361 e. The van der Waals surface area contributed by atoms with Crippen LogP contribution in [0.2, 0.25) is 5.02 Å². The van der Waals surface area contributed by atoms with Crippen molar-refractivity contribution in [2.75, 3.05) is 20.6 Å². The second kappa shape index (κ2) is 9.47. The Labute approximate surface area is 171 Å². The molecular weight excluding hydrogens is 453 g/mol. The van der Waals surface area contributed by atoms with Crippen LogP contribution in [-0.2, 0) is 13.6 Å². The van der Waals surface area contributed by atoms with Gasteiger partial charge >= 0.3 is 0 Å². The Bertz CT molecular complexity index is 705. The first-order valence-corrected chi connectivity index (χ1v) is 8.36. The molecule has 2 rings (SSSR count). The van der Waals surface area contributed by atoms with E-state index in [9.17, 15) is 0 Å². The van der Waals surface area contributed by atoms with Crippen molar-refractivity contribution >= 4 is 41.5 Å². The van der Waals surface area contributed by atoms with Crippen LogP contribution in [0.4, 0.5) is 0 Å². The highest BCUT2D eigenvalue weighted by Gasteiger charge is 2.17. The molecule has 0 bridgehead atoms. The van der Waals surface area contributed by atoms with Crippen molar-refractivity contribution < 1.29 is 4.52 Å². The smallest absolute Gasteiger partial charge is 0.193 e. The fraction of sp³-hybridized carbons (Fsp3) is 0.529. The summed E-state index contributed by atoms with van der Waals surface area (Å²) in [5, 5.41) is 8.20. The first-order valence-electron chi connectivity index (χ1n) is 7.98. The van der Waals surface area contributed by atoms with E-state index in [4.69, 9.17) is 16.1 Å². The number of aromatic nitrogens is 2. The van der Waals surface area contributed by atoms with Gasteiger partial charge in [0.25, 0.3) is 0 Å². The zero-order valence-electron chi connectivity index (χ0n) is 15.6. The lowest BCUT2D eigenvalue weighted by Crippen LogP contribution is -2.40. The van der Waals surface area contributed by atoms with Gasteiger partial charge in [-0.25, -0.2) is 0 Å². The van der Waals surface area contributed by atoms with Crippen molar-refractivity contribution in [1.82, 2.24) is 19.9 Å². The van der Waals surface area contributed by atoms with E-state index in [0.29, 0.717) is 0 Å². The lowest BCUT2D eigenvalue weighted by Gasteiger charge is -2.24. The molecule has 1 atom stereocenters. The van der Waals surface area contributed by atoms with E-state index < -0.39 is 0 Å². The quantitative estimate of drug-likeness (QED) is 0.403. The zero-order chi connectivity index (χ0) is 17.9. The van der Waals surface area contributed by atoms with Gasteiger partial charge in [0, 0.05) is 51.1 Å².